The number of carbonyl (C=O) groups is 3. The topological polar surface area (TPSA) is 116 Å². The molecule has 0 radical (unpaired) electrons. The number of likely N-dealkylation sites (tertiary alicyclic amines) is 1. The van der Waals surface area contributed by atoms with Crippen LogP contribution in [0.15, 0.2) is 24.3 Å². The summed E-state index contributed by atoms with van der Waals surface area (Å²) in [5, 5.41) is 12.1. The van der Waals surface area contributed by atoms with E-state index in [9.17, 15) is 19.6 Å². The SMILES string of the molecule is N#C[C@@H]1C[C@@]2(CN1C(=O)CC(N)=O)C(=O)Nc1ccccc12. The molecule has 7 heteroatoms. The maximum atomic E-state index is 12.5. The molecule has 1 aromatic rings. The van der Waals surface area contributed by atoms with Crippen molar-refractivity contribution in [3.05, 3.63) is 29.8 Å². The molecular weight excluding hydrogens is 284 g/mol. The fraction of sp³-hybridized carbons (Fsp3) is 0.333. The summed E-state index contributed by atoms with van der Waals surface area (Å²) in [5.41, 5.74) is 5.61. The molecule has 3 amide bonds. The number of nitrogens with two attached hydrogens (primary N) is 1. The molecule has 3 N–H and O–H groups in total. The average Bonchev–Trinajstić information content (AvgIpc) is 2.99. The number of hydrogen-bond acceptors (Lipinski definition) is 4. The van der Waals surface area contributed by atoms with Crippen molar-refractivity contribution in [3.8, 4) is 6.07 Å². The number of hydrogen-bond donors (Lipinski definition) is 2. The number of primary amides is 1. The van der Waals surface area contributed by atoms with Gasteiger partial charge < -0.3 is 16.0 Å². The summed E-state index contributed by atoms with van der Waals surface area (Å²) in [7, 11) is 0. The molecule has 0 saturated carbocycles. The van der Waals surface area contributed by atoms with Crippen molar-refractivity contribution in [2.75, 3.05) is 11.9 Å². The zero-order valence-corrected chi connectivity index (χ0v) is 11.7. The maximum Gasteiger partial charge on any atom is 0.237 e. The van der Waals surface area contributed by atoms with Crippen LogP contribution in [0.25, 0.3) is 0 Å². The number of amides is 3. The van der Waals surface area contributed by atoms with Gasteiger partial charge in [-0.2, -0.15) is 5.26 Å². The predicted molar refractivity (Wildman–Crippen MR) is 76.3 cm³/mol. The third kappa shape index (κ3) is 1.92. The lowest BCUT2D eigenvalue weighted by atomic mass is 9.80. The van der Waals surface area contributed by atoms with E-state index >= 15 is 0 Å². The molecule has 3 rings (SSSR count). The molecule has 1 spiro atoms. The number of fused-ring (bicyclic) bond motifs is 2. The largest absolute Gasteiger partial charge is 0.369 e. The van der Waals surface area contributed by atoms with E-state index in [1.807, 2.05) is 24.3 Å². The summed E-state index contributed by atoms with van der Waals surface area (Å²) in [6.45, 7) is 0.0835. The Morgan fingerprint density at radius 3 is 2.86 bits per heavy atom. The minimum Gasteiger partial charge on any atom is -0.369 e. The van der Waals surface area contributed by atoms with Gasteiger partial charge in [0.15, 0.2) is 0 Å². The molecule has 2 atom stereocenters. The molecule has 1 aromatic carbocycles. The van der Waals surface area contributed by atoms with Gasteiger partial charge in [-0.15, -0.1) is 0 Å². The van der Waals surface area contributed by atoms with Gasteiger partial charge in [0.1, 0.15) is 12.5 Å². The number of para-hydroxylation sites is 1. The van der Waals surface area contributed by atoms with E-state index in [0.29, 0.717) is 5.69 Å². The number of rotatable bonds is 2. The molecule has 2 heterocycles. The Kier molecular flexibility index (Phi) is 3.10. The first-order valence-corrected chi connectivity index (χ1v) is 6.86. The molecule has 2 aliphatic heterocycles. The average molecular weight is 298 g/mol. The number of nitrogens with one attached hydrogen (secondary N) is 1. The molecule has 0 aromatic heterocycles. The quantitative estimate of drug-likeness (QED) is 0.740. The van der Waals surface area contributed by atoms with Crippen molar-refractivity contribution in [2.24, 2.45) is 5.73 Å². The van der Waals surface area contributed by atoms with Gasteiger partial charge in [-0.1, -0.05) is 18.2 Å². The van der Waals surface area contributed by atoms with Gasteiger partial charge in [-0.3, -0.25) is 14.4 Å². The normalized spacial score (nSPS) is 25.7. The second kappa shape index (κ2) is 4.84. The lowest BCUT2D eigenvalue weighted by Crippen LogP contribution is -2.41. The second-order valence-electron chi connectivity index (χ2n) is 5.60. The minimum atomic E-state index is -0.926. The minimum absolute atomic E-state index is 0.0835. The van der Waals surface area contributed by atoms with Crippen LogP contribution in [0.2, 0.25) is 0 Å². The van der Waals surface area contributed by atoms with Gasteiger partial charge in [0, 0.05) is 18.7 Å². The van der Waals surface area contributed by atoms with Gasteiger partial charge in [-0.25, -0.2) is 0 Å². The number of nitrogens with zero attached hydrogens (tertiary/aromatic N) is 2. The van der Waals surface area contributed by atoms with Gasteiger partial charge in [0.05, 0.1) is 11.5 Å². The van der Waals surface area contributed by atoms with E-state index in [0.717, 1.165) is 5.56 Å². The van der Waals surface area contributed by atoms with Crippen molar-refractivity contribution >= 4 is 23.4 Å². The third-order valence-electron chi connectivity index (χ3n) is 4.28. The van der Waals surface area contributed by atoms with Crippen LogP contribution in [0, 0.1) is 11.3 Å². The Labute approximate surface area is 126 Å². The molecule has 22 heavy (non-hydrogen) atoms. The standard InChI is InChI=1S/C15H14N4O3/c16-7-9-6-15(8-19(9)13(21)5-12(17)20)10-3-1-2-4-11(10)18-14(15)22/h1-4,9H,5-6,8H2,(H2,17,20)(H,18,22)/t9-,15-/m0/s1. The van der Waals surface area contributed by atoms with Crippen LogP contribution < -0.4 is 11.1 Å². The Morgan fingerprint density at radius 2 is 2.18 bits per heavy atom. The number of benzene rings is 1. The lowest BCUT2D eigenvalue weighted by Gasteiger charge is -2.22. The van der Waals surface area contributed by atoms with Gasteiger partial charge >= 0.3 is 0 Å². The lowest BCUT2D eigenvalue weighted by molar-refractivity contribution is -0.135. The highest BCUT2D eigenvalue weighted by atomic mass is 16.2. The van der Waals surface area contributed by atoms with Gasteiger partial charge in [0.25, 0.3) is 0 Å². The first kappa shape index (κ1) is 14.1. The summed E-state index contributed by atoms with van der Waals surface area (Å²) >= 11 is 0. The smallest absolute Gasteiger partial charge is 0.237 e. The number of nitriles is 1. The van der Waals surface area contributed by atoms with E-state index in [1.165, 1.54) is 4.90 Å². The van der Waals surface area contributed by atoms with E-state index in [1.54, 1.807) is 6.07 Å². The monoisotopic (exact) mass is 298 g/mol. The second-order valence-corrected chi connectivity index (χ2v) is 5.60. The zero-order chi connectivity index (χ0) is 15.9. The van der Waals surface area contributed by atoms with E-state index in [-0.39, 0.29) is 18.9 Å². The molecule has 0 aliphatic carbocycles. The van der Waals surface area contributed by atoms with Crippen molar-refractivity contribution in [1.29, 1.82) is 5.26 Å². The molecule has 0 bridgehead atoms. The predicted octanol–water partition coefficient (Wildman–Crippen LogP) is -0.124. The Hall–Kier alpha value is -2.88. The number of carbonyl (C=O) groups excluding carboxylic acids is 3. The van der Waals surface area contributed by atoms with E-state index in [4.69, 9.17) is 5.73 Å². The van der Waals surface area contributed by atoms with Crippen LogP contribution in [0.4, 0.5) is 5.69 Å². The first-order chi connectivity index (χ1) is 10.5. The Bertz CT molecular complexity index is 724. The van der Waals surface area contributed by atoms with E-state index < -0.39 is 29.7 Å². The highest BCUT2D eigenvalue weighted by Gasteiger charge is 2.55. The first-order valence-electron chi connectivity index (χ1n) is 6.86. The zero-order valence-electron chi connectivity index (χ0n) is 11.7. The van der Waals surface area contributed by atoms with Crippen molar-refractivity contribution in [2.45, 2.75) is 24.3 Å². The summed E-state index contributed by atoms with van der Waals surface area (Å²) < 4.78 is 0. The van der Waals surface area contributed by atoms with Crippen LogP contribution >= 0.6 is 0 Å². The Morgan fingerprint density at radius 1 is 1.45 bits per heavy atom. The molecule has 2 aliphatic rings. The van der Waals surface area contributed by atoms with Gasteiger partial charge in [-0.05, 0) is 11.6 Å². The molecule has 7 nitrogen and oxygen atoms in total. The van der Waals surface area contributed by atoms with Gasteiger partial charge in [0.2, 0.25) is 17.7 Å². The van der Waals surface area contributed by atoms with Crippen molar-refractivity contribution in [1.82, 2.24) is 4.90 Å². The summed E-state index contributed by atoms with van der Waals surface area (Å²) in [4.78, 5) is 36.8. The highest BCUT2D eigenvalue weighted by molar-refractivity contribution is 6.07. The van der Waals surface area contributed by atoms with Crippen LogP contribution in [-0.4, -0.2) is 35.2 Å². The molecule has 1 saturated heterocycles. The van der Waals surface area contributed by atoms with E-state index in [2.05, 4.69) is 5.32 Å². The maximum absolute atomic E-state index is 12.5. The van der Waals surface area contributed by atoms with Crippen LogP contribution in [0.1, 0.15) is 18.4 Å². The molecule has 112 valence electrons. The molecule has 0 unspecified atom stereocenters. The van der Waals surface area contributed by atoms with Crippen LogP contribution in [0.5, 0.6) is 0 Å². The third-order valence-corrected chi connectivity index (χ3v) is 4.28. The van der Waals surface area contributed by atoms with Crippen molar-refractivity contribution < 1.29 is 14.4 Å². The molecule has 1 fully saturated rings. The number of anilines is 1. The highest BCUT2D eigenvalue weighted by Crippen LogP contribution is 2.46. The fourth-order valence-electron chi connectivity index (χ4n) is 3.27. The summed E-state index contributed by atoms with van der Waals surface area (Å²) in [6, 6.07) is 8.54. The summed E-state index contributed by atoms with van der Waals surface area (Å²) in [5.74, 6) is -1.49. The van der Waals surface area contributed by atoms with Crippen molar-refractivity contribution in [3.63, 3.8) is 0 Å². The molecular formula is C15H14N4O3. The Balaban J connectivity index is 1.98. The fourth-order valence-corrected chi connectivity index (χ4v) is 3.27. The summed E-state index contributed by atoms with van der Waals surface area (Å²) in [6.07, 6.45) is -0.242. The van der Waals surface area contributed by atoms with Crippen LogP contribution in [-0.2, 0) is 19.8 Å². The van der Waals surface area contributed by atoms with Crippen LogP contribution in [0.3, 0.4) is 0 Å².